The third-order valence-corrected chi connectivity index (χ3v) is 4.68. The van der Waals surface area contributed by atoms with Crippen molar-refractivity contribution in [2.45, 2.75) is 38.0 Å². The average molecular weight is 290 g/mol. The van der Waals surface area contributed by atoms with Gasteiger partial charge < -0.3 is 14.8 Å². The maximum absolute atomic E-state index is 6.01. The summed E-state index contributed by atoms with van der Waals surface area (Å²) in [6, 6.07) is 9.14. The summed E-state index contributed by atoms with van der Waals surface area (Å²) in [4.78, 5) is 2.54. The van der Waals surface area contributed by atoms with Crippen LogP contribution in [-0.2, 0) is 4.74 Å². The maximum atomic E-state index is 6.01. The zero-order valence-electron chi connectivity index (χ0n) is 13.0. The summed E-state index contributed by atoms with van der Waals surface area (Å²) in [5.41, 5.74) is 1.29. The van der Waals surface area contributed by atoms with Crippen LogP contribution < -0.4 is 10.1 Å². The van der Waals surface area contributed by atoms with Crippen LogP contribution in [-0.4, -0.2) is 50.4 Å². The molecule has 3 unspecified atom stereocenters. The first-order valence-electron chi connectivity index (χ1n) is 8.05. The standard InChI is InChI=1S/C17H26N2O2/c1-3-18-17-14-8-4-5-9-16(14)21-12-15(17)19-10-6-7-13(11-19)20-2/h4-5,8-9,13,15,17-18H,3,6-7,10-12H2,1-2H3. The molecule has 0 amide bonds. The topological polar surface area (TPSA) is 33.7 Å². The molecular formula is C17H26N2O2. The molecule has 1 saturated heterocycles. The van der Waals surface area contributed by atoms with Crippen molar-refractivity contribution < 1.29 is 9.47 Å². The van der Waals surface area contributed by atoms with Crippen LogP contribution in [0.4, 0.5) is 0 Å². The Hall–Kier alpha value is -1.10. The predicted octanol–water partition coefficient (Wildman–Crippen LogP) is 2.21. The smallest absolute Gasteiger partial charge is 0.124 e. The number of benzene rings is 1. The van der Waals surface area contributed by atoms with Crippen LogP contribution in [0.5, 0.6) is 5.75 Å². The van der Waals surface area contributed by atoms with Gasteiger partial charge in [0.15, 0.2) is 0 Å². The van der Waals surface area contributed by atoms with Crippen molar-refractivity contribution in [1.82, 2.24) is 10.2 Å². The monoisotopic (exact) mass is 290 g/mol. The highest BCUT2D eigenvalue weighted by Gasteiger charge is 2.36. The number of piperidine rings is 1. The molecule has 1 aromatic rings. The maximum Gasteiger partial charge on any atom is 0.124 e. The fraction of sp³-hybridized carbons (Fsp3) is 0.647. The minimum Gasteiger partial charge on any atom is -0.492 e. The van der Waals surface area contributed by atoms with Crippen LogP contribution in [0.25, 0.3) is 0 Å². The number of hydrogen-bond acceptors (Lipinski definition) is 4. The van der Waals surface area contributed by atoms with Gasteiger partial charge in [-0.3, -0.25) is 4.90 Å². The van der Waals surface area contributed by atoms with E-state index in [2.05, 4.69) is 35.3 Å². The summed E-state index contributed by atoms with van der Waals surface area (Å²) < 4.78 is 11.6. The lowest BCUT2D eigenvalue weighted by Crippen LogP contribution is -2.54. The summed E-state index contributed by atoms with van der Waals surface area (Å²) in [5, 5.41) is 3.66. The van der Waals surface area contributed by atoms with Crippen molar-refractivity contribution in [3.8, 4) is 5.75 Å². The van der Waals surface area contributed by atoms with Crippen molar-refractivity contribution in [1.29, 1.82) is 0 Å². The van der Waals surface area contributed by atoms with Gasteiger partial charge in [0.05, 0.1) is 18.2 Å². The third-order valence-electron chi connectivity index (χ3n) is 4.68. The predicted molar refractivity (Wildman–Crippen MR) is 83.7 cm³/mol. The lowest BCUT2D eigenvalue weighted by atomic mass is 9.93. The number of fused-ring (bicyclic) bond motifs is 1. The van der Waals surface area contributed by atoms with E-state index in [1.54, 1.807) is 0 Å². The van der Waals surface area contributed by atoms with E-state index in [1.807, 2.05) is 13.2 Å². The summed E-state index contributed by atoms with van der Waals surface area (Å²) >= 11 is 0. The highest BCUT2D eigenvalue weighted by Crippen LogP contribution is 2.35. The van der Waals surface area contributed by atoms with Crippen molar-refractivity contribution in [2.24, 2.45) is 0 Å². The Bertz CT molecular complexity index is 466. The van der Waals surface area contributed by atoms with E-state index in [1.165, 1.54) is 18.4 Å². The molecule has 1 fully saturated rings. The first-order valence-corrected chi connectivity index (χ1v) is 8.05. The molecule has 4 nitrogen and oxygen atoms in total. The number of nitrogens with zero attached hydrogens (tertiary/aromatic N) is 1. The minimum absolute atomic E-state index is 0.343. The third kappa shape index (κ3) is 3.07. The molecular weight excluding hydrogens is 264 g/mol. The van der Waals surface area contributed by atoms with Gasteiger partial charge in [0.1, 0.15) is 12.4 Å². The number of methoxy groups -OCH3 is 1. The molecule has 2 aliphatic rings. The van der Waals surface area contributed by atoms with Gasteiger partial charge in [-0.15, -0.1) is 0 Å². The van der Waals surface area contributed by atoms with E-state index in [4.69, 9.17) is 9.47 Å². The Kier molecular flexibility index (Phi) is 4.78. The summed E-state index contributed by atoms with van der Waals surface area (Å²) in [7, 11) is 1.82. The molecule has 0 aliphatic carbocycles. The van der Waals surface area contributed by atoms with Crippen LogP contribution in [0.2, 0.25) is 0 Å². The Morgan fingerprint density at radius 2 is 2.24 bits per heavy atom. The van der Waals surface area contributed by atoms with Gasteiger partial charge in [0.25, 0.3) is 0 Å². The fourth-order valence-electron chi connectivity index (χ4n) is 3.59. The highest BCUT2D eigenvalue weighted by atomic mass is 16.5. The largest absolute Gasteiger partial charge is 0.492 e. The van der Waals surface area contributed by atoms with E-state index >= 15 is 0 Å². The molecule has 2 heterocycles. The number of likely N-dealkylation sites (N-methyl/N-ethyl adjacent to an activating group) is 1. The van der Waals surface area contributed by atoms with Crippen molar-refractivity contribution >= 4 is 0 Å². The lowest BCUT2D eigenvalue weighted by Gasteiger charge is -2.44. The summed E-state index contributed by atoms with van der Waals surface area (Å²) in [6.45, 7) is 6.04. The Labute approximate surface area is 127 Å². The first-order chi connectivity index (χ1) is 10.3. The molecule has 2 aliphatic heterocycles. The number of rotatable bonds is 4. The Balaban J connectivity index is 1.81. The molecule has 1 N–H and O–H groups in total. The number of likely N-dealkylation sites (tertiary alicyclic amines) is 1. The van der Waals surface area contributed by atoms with E-state index in [0.717, 1.165) is 32.0 Å². The van der Waals surface area contributed by atoms with E-state index in [0.29, 0.717) is 18.2 Å². The van der Waals surface area contributed by atoms with Gasteiger partial charge in [-0.2, -0.15) is 0 Å². The second kappa shape index (κ2) is 6.77. The molecule has 3 atom stereocenters. The molecule has 0 saturated carbocycles. The van der Waals surface area contributed by atoms with Gasteiger partial charge >= 0.3 is 0 Å². The normalized spacial score (nSPS) is 29.7. The molecule has 0 aromatic heterocycles. The molecule has 4 heteroatoms. The number of para-hydroxylation sites is 1. The highest BCUT2D eigenvalue weighted by molar-refractivity contribution is 5.38. The fourth-order valence-corrected chi connectivity index (χ4v) is 3.59. The molecule has 0 radical (unpaired) electrons. The minimum atomic E-state index is 0.343. The van der Waals surface area contributed by atoms with Gasteiger partial charge in [0.2, 0.25) is 0 Å². The van der Waals surface area contributed by atoms with Gasteiger partial charge in [-0.25, -0.2) is 0 Å². The number of nitrogens with one attached hydrogen (secondary N) is 1. The molecule has 1 aromatic carbocycles. The molecule has 0 bridgehead atoms. The van der Waals surface area contributed by atoms with Crippen LogP contribution >= 0.6 is 0 Å². The summed E-state index contributed by atoms with van der Waals surface area (Å²) in [6.07, 6.45) is 2.73. The molecule has 3 rings (SSSR count). The van der Waals surface area contributed by atoms with Gasteiger partial charge in [-0.1, -0.05) is 25.1 Å². The van der Waals surface area contributed by atoms with E-state index in [9.17, 15) is 0 Å². The molecule has 21 heavy (non-hydrogen) atoms. The van der Waals surface area contributed by atoms with E-state index in [-0.39, 0.29) is 0 Å². The number of hydrogen-bond donors (Lipinski definition) is 1. The van der Waals surface area contributed by atoms with Crippen molar-refractivity contribution in [3.05, 3.63) is 29.8 Å². The zero-order valence-corrected chi connectivity index (χ0v) is 13.0. The molecule has 116 valence electrons. The quantitative estimate of drug-likeness (QED) is 0.922. The van der Waals surface area contributed by atoms with Crippen LogP contribution in [0.1, 0.15) is 31.4 Å². The second-order valence-corrected chi connectivity index (χ2v) is 5.95. The summed E-state index contributed by atoms with van der Waals surface area (Å²) in [5.74, 6) is 1.03. The van der Waals surface area contributed by atoms with Crippen LogP contribution in [0, 0.1) is 0 Å². The number of ether oxygens (including phenoxy) is 2. The SMILES string of the molecule is CCNC1c2ccccc2OCC1N1CCCC(OC)C1. The second-order valence-electron chi connectivity index (χ2n) is 5.95. The van der Waals surface area contributed by atoms with Crippen molar-refractivity contribution in [2.75, 3.05) is 33.4 Å². The van der Waals surface area contributed by atoms with Gasteiger partial charge in [-0.05, 0) is 32.0 Å². The zero-order chi connectivity index (χ0) is 14.7. The van der Waals surface area contributed by atoms with Crippen LogP contribution in [0.15, 0.2) is 24.3 Å². The van der Waals surface area contributed by atoms with Crippen molar-refractivity contribution in [3.63, 3.8) is 0 Å². The Morgan fingerprint density at radius 3 is 3.05 bits per heavy atom. The van der Waals surface area contributed by atoms with E-state index < -0.39 is 0 Å². The lowest BCUT2D eigenvalue weighted by molar-refractivity contribution is -0.00810. The first kappa shape index (κ1) is 14.8. The van der Waals surface area contributed by atoms with Gasteiger partial charge in [0, 0.05) is 19.2 Å². The average Bonchev–Trinajstić information content (AvgIpc) is 2.55. The van der Waals surface area contributed by atoms with Crippen LogP contribution in [0.3, 0.4) is 0 Å². The Morgan fingerprint density at radius 1 is 1.38 bits per heavy atom. The molecule has 0 spiro atoms.